The molecule has 2 aromatic rings. The number of fused-ring (bicyclic) bond motifs is 2. The largest absolute Gasteiger partial charge is 0.487 e. The molecule has 5 rings (SSSR count). The third kappa shape index (κ3) is 3.82. The molecule has 0 saturated heterocycles. The van der Waals surface area contributed by atoms with Crippen LogP contribution in [0.5, 0.6) is 5.75 Å². The number of benzene rings is 2. The highest BCUT2D eigenvalue weighted by atomic mass is 32.2. The van der Waals surface area contributed by atoms with Crippen LogP contribution >= 0.6 is 0 Å². The molecular weight excluding hydrogens is 424 g/mol. The zero-order valence-corrected chi connectivity index (χ0v) is 19.3. The summed E-state index contributed by atoms with van der Waals surface area (Å²) in [5.74, 6) is 0.852. The lowest BCUT2D eigenvalue weighted by atomic mass is 9.77. The van der Waals surface area contributed by atoms with Gasteiger partial charge in [0.05, 0.1) is 10.9 Å². The van der Waals surface area contributed by atoms with Gasteiger partial charge in [-0.15, -0.1) is 0 Å². The number of nitrogens with one attached hydrogen (secondary N) is 1. The molecule has 170 valence electrons. The SMILES string of the molecule is CCC(=O)N1CCc2cc(S(=O)(=O)N[C@@H]3CC4(CCCCC4)Oc4ccccc43)ccc21. The minimum Gasteiger partial charge on any atom is -0.487 e. The minimum atomic E-state index is -3.73. The molecule has 2 heterocycles. The van der Waals surface area contributed by atoms with E-state index in [0.717, 1.165) is 48.2 Å². The first-order chi connectivity index (χ1) is 15.4. The van der Waals surface area contributed by atoms with E-state index in [2.05, 4.69) is 4.72 Å². The van der Waals surface area contributed by atoms with Crippen molar-refractivity contribution in [3.63, 3.8) is 0 Å². The number of rotatable bonds is 4. The predicted molar refractivity (Wildman–Crippen MR) is 123 cm³/mol. The average Bonchev–Trinajstić information content (AvgIpc) is 3.22. The molecule has 3 aliphatic rings. The first-order valence-electron chi connectivity index (χ1n) is 11.6. The number of para-hydroxylation sites is 1. The number of amides is 1. The second kappa shape index (κ2) is 8.19. The zero-order valence-electron chi connectivity index (χ0n) is 18.5. The summed E-state index contributed by atoms with van der Waals surface area (Å²) in [7, 11) is -3.73. The number of hydrogen-bond acceptors (Lipinski definition) is 4. The third-order valence-corrected chi connectivity index (χ3v) is 8.59. The van der Waals surface area contributed by atoms with E-state index in [-0.39, 0.29) is 22.4 Å². The van der Waals surface area contributed by atoms with Crippen molar-refractivity contribution in [2.45, 2.75) is 74.8 Å². The lowest BCUT2D eigenvalue weighted by Gasteiger charge is -2.44. The van der Waals surface area contributed by atoms with Gasteiger partial charge in [0.2, 0.25) is 15.9 Å². The average molecular weight is 455 g/mol. The Kier molecular flexibility index (Phi) is 5.50. The fraction of sp³-hybridized carbons (Fsp3) is 0.480. The number of anilines is 1. The van der Waals surface area contributed by atoms with E-state index in [1.54, 1.807) is 23.1 Å². The maximum atomic E-state index is 13.4. The van der Waals surface area contributed by atoms with Gasteiger partial charge in [-0.2, -0.15) is 0 Å². The smallest absolute Gasteiger partial charge is 0.241 e. The second-order valence-corrected chi connectivity index (χ2v) is 10.9. The predicted octanol–water partition coefficient (Wildman–Crippen LogP) is 4.49. The van der Waals surface area contributed by atoms with Crippen molar-refractivity contribution in [2.24, 2.45) is 0 Å². The lowest BCUT2D eigenvalue weighted by Crippen LogP contribution is -2.46. The van der Waals surface area contributed by atoms with Crippen LogP contribution in [0.4, 0.5) is 5.69 Å². The van der Waals surface area contributed by atoms with Crippen LogP contribution in [-0.2, 0) is 21.2 Å². The minimum absolute atomic E-state index is 0.0640. The van der Waals surface area contributed by atoms with Gasteiger partial charge in [0.15, 0.2) is 0 Å². The van der Waals surface area contributed by atoms with Gasteiger partial charge in [-0.25, -0.2) is 13.1 Å². The van der Waals surface area contributed by atoms with Gasteiger partial charge in [-0.1, -0.05) is 31.5 Å². The van der Waals surface area contributed by atoms with Crippen molar-refractivity contribution in [1.82, 2.24) is 4.72 Å². The van der Waals surface area contributed by atoms with Crippen molar-refractivity contribution in [1.29, 1.82) is 0 Å². The molecule has 2 aromatic carbocycles. The highest BCUT2D eigenvalue weighted by Crippen LogP contribution is 2.46. The Morgan fingerprint density at radius 3 is 2.72 bits per heavy atom. The fourth-order valence-corrected chi connectivity index (χ4v) is 6.74. The number of sulfonamides is 1. The van der Waals surface area contributed by atoms with E-state index in [1.807, 2.05) is 31.2 Å². The normalized spacial score (nSPS) is 21.7. The molecule has 1 saturated carbocycles. The Morgan fingerprint density at radius 1 is 1.16 bits per heavy atom. The van der Waals surface area contributed by atoms with Crippen molar-refractivity contribution < 1.29 is 17.9 Å². The molecule has 1 aliphatic carbocycles. The summed E-state index contributed by atoms with van der Waals surface area (Å²) in [6.07, 6.45) is 7.10. The molecule has 0 radical (unpaired) electrons. The summed E-state index contributed by atoms with van der Waals surface area (Å²) >= 11 is 0. The molecule has 0 bridgehead atoms. The topological polar surface area (TPSA) is 75.7 Å². The van der Waals surface area contributed by atoms with E-state index < -0.39 is 10.0 Å². The van der Waals surface area contributed by atoms with Gasteiger partial charge >= 0.3 is 0 Å². The lowest BCUT2D eigenvalue weighted by molar-refractivity contribution is -0.118. The fourth-order valence-electron chi connectivity index (χ4n) is 5.48. The zero-order chi connectivity index (χ0) is 22.3. The first-order valence-corrected chi connectivity index (χ1v) is 13.1. The number of hydrogen-bond donors (Lipinski definition) is 1. The van der Waals surface area contributed by atoms with Gasteiger partial charge in [-0.3, -0.25) is 4.79 Å². The molecule has 0 unspecified atom stereocenters. The highest BCUT2D eigenvalue weighted by molar-refractivity contribution is 7.89. The Balaban J connectivity index is 1.43. The van der Waals surface area contributed by atoms with Crippen LogP contribution in [0.15, 0.2) is 47.4 Å². The number of carbonyl (C=O) groups is 1. The molecule has 6 nitrogen and oxygen atoms in total. The molecule has 32 heavy (non-hydrogen) atoms. The summed E-state index contributed by atoms with van der Waals surface area (Å²) in [6.45, 7) is 2.45. The van der Waals surface area contributed by atoms with Crippen LogP contribution in [0.25, 0.3) is 0 Å². The molecule has 1 atom stereocenters. The second-order valence-electron chi connectivity index (χ2n) is 9.20. The van der Waals surface area contributed by atoms with Crippen LogP contribution in [-0.4, -0.2) is 26.5 Å². The summed E-state index contributed by atoms with van der Waals surface area (Å²) < 4.78 is 36.3. The highest BCUT2D eigenvalue weighted by Gasteiger charge is 2.43. The summed E-state index contributed by atoms with van der Waals surface area (Å²) in [5, 5.41) is 0. The van der Waals surface area contributed by atoms with Gasteiger partial charge in [0.25, 0.3) is 0 Å². The van der Waals surface area contributed by atoms with Crippen molar-refractivity contribution in [3.8, 4) is 5.75 Å². The Hall–Kier alpha value is -2.38. The molecule has 1 spiro atoms. The standard InChI is InChI=1S/C25H30N2O4S/c1-2-24(28)27-15-12-18-16-19(10-11-22(18)27)32(29,30)26-21-17-25(13-6-3-7-14-25)31-23-9-5-4-8-20(21)23/h4-5,8-11,16,21,26H,2-3,6-7,12-15,17H2,1H3/t21-/m1/s1. The number of carbonyl (C=O) groups excluding carboxylic acids is 1. The van der Waals surface area contributed by atoms with Crippen LogP contribution in [0, 0.1) is 0 Å². The van der Waals surface area contributed by atoms with Gasteiger partial charge in [-0.05, 0) is 61.9 Å². The van der Waals surface area contributed by atoms with Crippen LogP contribution in [0.2, 0.25) is 0 Å². The van der Waals surface area contributed by atoms with Crippen LogP contribution in [0.3, 0.4) is 0 Å². The maximum Gasteiger partial charge on any atom is 0.241 e. The maximum absolute atomic E-state index is 13.4. The quantitative estimate of drug-likeness (QED) is 0.739. The van der Waals surface area contributed by atoms with E-state index in [4.69, 9.17) is 4.74 Å². The summed E-state index contributed by atoms with van der Waals surface area (Å²) in [5.41, 5.74) is 2.34. The van der Waals surface area contributed by atoms with Crippen LogP contribution in [0.1, 0.15) is 69.0 Å². The van der Waals surface area contributed by atoms with E-state index in [1.165, 1.54) is 6.42 Å². The Morgan fingerprint density at radius 2 is 1.94 bits per heavy atom. The van der Waals surface area contributed by atoms with Crippen LogP contribution < -0.4 is 14.4 Å². The number of nitrogens with zero attached hydrogens (tertiary/aromatic N) is 1. The molecule has 1 fully saturated rings. The van der Waals surface area contributed by atoms with E-state index in [0.29, 0.717) is 25.8 Å². The molecule has 7 heteroatoms. The first kappa shape index (κ1) is 21.5. The van der Waals surface area contributed by atoms with E-state index in [9.17, 15) is 13.2 Å². The third-order valence-electron chi connectivity index (χ3n) is 7.12. The molecule has 0 aromatic heterocycles. The summed E-state index contributed by atoms with van der Waals surface area (Å²) in [6, 6.07) is 12.6. The van der Waals surface area contributed by atoms with Crippen molar-refractivity contribution in [3.05, 3.63) is 53.6 Å². The molecule has 2 aliphatic heterocycles. The molecule has 1 N–H and O–H groups in total. The Labute approximate surface area is 190 Å². The monoisotopic (exact) mass is 454 g/mol. The molecule has 1 amide bonds. The van der Waals surface area contributed by atoms with Crippen molar-refractivity contribution in [2.75, 3.05) is 11.4 Å². The Bertz CT molecular complexity index is 1140. The number of ether oxygens (including phenoxy) is 1. The van der Waals surface area contributed by atoms with Gasteiger partial charge in [0, 0.05) is 30.6 Å². The van der Waals surface area contributed by atoms with Crippen molar-refractivity contribution >= 4 is 21.6 Å². The van der Waals surface area contributed by atoms with Gasteiger partial charge in [0.1, 0.15) is 11.4 Å². The van der Waals surface area contributed by atoms with Gasteiger partial charge < -0.3 is 9.64 Å². The summed E-state index contributed by atoms with van der Waals surface area (Å²) in [4.78, 5) is 14.2. The van der Waals surface area contributed by atoms with E-state index >= 15 is 0 Å². The molecular formula is C25H30N2O4S.